The molecule has 2 amide bonds. The number of imide groups is 1. The molecule has 15 heavy (non-hydrogen) atoms. The van der Waals surface area contributed by atoms with Crippen molar-refractivity contribution in [1.29, 1.82) is 0 Å². The molecule has 2 bridgehead atoms. The standard InChI is InChI=1S/C12H13NO2/c1-2-5-13-11(14)9-7-3-4-8(6-7)10(9)12(13)15/h2-4,7-10H,1,5-6H2/t7-,8-,9+,10+/m0/s1. The number of carbonyl (C=O) groups excluding carboxylic acids is 2. The fourth-order valence-corrected chi connectivity index (χ4v) is 3.27. The van der Waals surface area contributed by atoms with E-state index < -0.39 is 0 Å². The largest absolute Gasteiger partial charge is 0.278 e. The minimum Gasteiger partial charge on any atom is -0.278 e. The molecule has 1 saturated carbocycles. The predicted molar refractivity (Wildman–Crippen MR) is 54.6 cm³/mol. The van der Waals surface area contributed by atoms with E-state index >= 15 is 0 Å². The molecule has 2 aliphatic carbocycles. The Bertz CT molecular complexity index is 355. The van der Waals surface area contributed by atoms with Crippen LogP contribution in [0, 0.1) is 23.7 Å². The number of carbonyl (C=O) groups is 2. The van der Waals surface area contributed by atoms with Crippen molar-refractivity contribution in [3.63, 3.8) is 0 Å². The van der Waals surface area contributed by atoms with Crippen molar-refractivity contribution in [3.8, 4) is 0 Å². The zero-order chi connectivity index (χ0) is 10.6. The summed E-state index contributed by atoms with van der Waals surface area (Å²) in [6.07, 6.45) is 6.82. The minimum absolute atomic E-state index is 0.0155. The summed E-state index contributed by atoms with van der Waals surface area (Å²) < 4.78 is 0. The number of hydrogen-bond acceptors (Lipinski definition) is 2. The summed E-state index contributed by atoms with van der Waals surface area (Å²) in [4.78, 5) is 25.4. The molecule has 1 saturated heterocycles. The van der Waals surface area contributed by atoms with Crippen LogP contribution >= 0.6 is 0 Å². The first-order chi connectivity index (χ1) is 7.24. The van der Waals surface area contributed by atoms with Gasteiger partial charge >= 0.3 is 0 Å². The molecule has 0 radical (unpaired) electrons. The van der Waals surface area contributed by atoms with Gasteiger partial charge in [-0.2, -0.15) is 0 Å². The van der Waals surface area contributed by atoms with Gasteiger partial charge in [0.2, 0.25) is 11.8 Å². The first-order valence-corrected chi connectivity index (χ1v) is 5.38. The number of hydrogen-bond donors (Lipinski definition) is 0. The molecule has 3 aliphatic rings. The van der Waals surface area contributed by atoms with E-state index in [4.69, 9.17) is 0 Å². The van der Waals surface area contributed by atoms with Crippen LogP contribution in [0.4, 0.5) is 0 Å². The molecule has 1 aliphatic heterocycles. The predicted octanol–water partition coefficient (Wildman–Crippen LogP) is 0.979. The smallest absolute Gasteiger partial charge is 0.234 e. The van der Waals surface area contributed by atoms with E-state index in [1.807, 2.05) is 0 Å². The number of likely N-dealkylation sites (tertiary alicyclic amines) is 1. The van der Waals surface area contributed by atoms with Crippen LogP contribution in [-0.4, -0.2) is 23.3 Å². The van der Waals surface area contributed by atoms with E-state index in [-0.39, 0.29) is 23.7 Å². The minimum atomic E-state index is -0.0625. The Morgan fingerprint density at radius 1 is 1.27 bits per heavy atom. The van der Waals surface area contributed by atoms with E-state index in [9.17, 15) is 9.59 Å². The highest BCUT2D eigenvalue weighted by molar-refractivity contribution is 6.06. The fourth-order valence-electron chi connectivity index (χ4n) is 3.27. The van der Waals surface area contributed by atoms with Crippen LogP contribution in [0.2, 0.25) is 0 Å². The van der Waals surface area contributed by atoms with Gasteiger partial charge in [0.15, 0.2) is 0 Å². The summed E-state index contributed by atoms with van der Waals surface area (Å²) in [7, 11) is 0. The van der Waals surface area contributed by atoms with Gasteiger partial charge in [0.25, 0.3) is 0 Å². The van der Waals surface area contributed by atoms with Gasteiger partial charge in [0.1, 0.15) is 0 Å². The van der Waals surface area contributed by atoms with Gasteiger partial charge < -0.3 is 0 Å². The molecule has 4 atom stereocenters. The quantitative estimate of drug-likeness (QED) is 0.495. The van der Waals surface area contributed by atoms with Crippen molar-refractivity contribution in [3.05, 3.63) is 24.8 Å². The van der Waals surface area contributed by atoms with E-state index in [1.54, 1.807) is 6.08 Å². The van der Waals surface area contributed by atoms with E-state index in [2.05, 4.69) is 18.7 Å². The van der Waals surface area contributed by atoms with Gasteiger partial charge in [-0.3, -0.25) is 14.5 Å². The lowest BCUT2D eigenvalue weighted by atomic mass is 9.85. The summed E-state index contributed by atoms with van der Waals surface area (Å²) >= 11 is 0. The number of allylic oxidation sites excluding steroid dienone is 2. The third-order valence-electron chi connectivity index (χ3n) is 3.87. The van der Waals surface area contributed by atoms with Gasteiger partial charge in [0.05, 0.1) is 11.8 Å². The summed E-state index contributed by atoms with van der Waals surface area (Å²) in [6, 6.07) is 0. The normalized spacial score (nSPS) is 41.5. The van der Waals surface area contributed by atoms with Crippen molar-refractivity contribution in [2.24, 2.45) is 23.7 Å². The first-order valence-electron chi connectivity index (χ1n) is 5.38. The SMILES string of the molecule is C=CCN1C(=O)[C@H]2[C@H](C1=O)[C@H]1C=C[C@H]2C1. The molecule has 3 heteroatoms. The summed E-state index contributed by atoms with van der Waals surface area (Å²) in [5.74, 6) is 0.529. The van der Waals surface area contributed by atoms with Crippen molar-refractivity contribution < 1.29 is 9.59 Å². The number of rotatable bonds is 2. The van der Waals surface area contributed by atoms with Crippen LogP contribution in [0.1, 0.15) is 6.42 Å². The Kier molecular flexibility index (Phi) is 1.67. The second kappa shape index (κ2) is 2.81. The molecule has 2 fully saturated rings. The lowest BCUT2D eigenvalue weighted by Crippen LogP contribution is -2.32. The summed E-state index contributed by atoms with van der Waals surface area (Å²) in [5.41, 5.74) is 0. The molecule has 0 aromatic rings. The van der Waals surface area contributed by atoms with Crippen LogP contribution in [0.3, 0.4) is 0 Å². The van der Waals surface area contributed by atoms with Crippen molar-refractivity contribution in [1.82, 2.24) is 4.90 Å². The van der Waals surface area contributed by atoms with Crippen molar-refractivity contribution >= 4 is 11.8 Å². The van der Waals surface area contributed by atoms with Gasteiger partial charge in [-0.25, -0.2) is 0 Å². The second-order valence-corrected chi connectivity index (χ2v) is 4.58. The molecule has 3 nitrogen and oxygen atoms in total. The Morgan fingerprint density at radius 2 is 1.80 bits per heavy atom. The number of amides is 2. The molecular formula is C12H13NO2. The average Bonchev–Trinajstić information content (AvgIpc) is 2.87. The lowest BCUT2D eigenvalue weighted by molar-refractivity contribution is -0.140. The van der Waals surface area contributed by atoms with Crippen LogP contribution in [0.15, 0.2) is 24.8 Å². The highest BCUT2D eigenvalue weighted by atomic mass is 16.2. The van der Waals surface area contributed by atoms with Gasteiger partial charge in [-0.15, -0.1) is 6.58 Å². The average molecular weight is 203 g/mol. The maximum absolute atomic E-state index is 12.0. The Labute approximate surface area is 88.4 Å². The molecule has 0 N–H and O–H groups in total. The molecular weight excluding hydrogens is 190 g/mol. The highest BCUT2D eigenvalue weighted by Gasteiger charge is 2.58. The van der Waals surface area contributed by atoms with Gasteiger partial charge in [-0.1, -0.05) is 18.2 Å². The number of fused-ring (bicyclic) bond motifs is 5. The first kappa shape index (κ1) is 8.89. The second-order valence-electron chi connectivity index (χ2n) is 4.58. The van der Waals surface area contributed by atoms with Crippen LogP contribution in [0.25, 0.3) is 0 Å². The van der Waals surface area contributed by atoms with Crippen LogP contribution < -0.4 is 0 Å². The Balaban J connectivity index is 1.96. The van der Waals surface area contributed by atoms with Crippen molar-refractivity contribution in [2.45, 2.75) is 6.42 Å². The third-order valence-corrected chi connectivity index (χ3v) is 3.87. The molecule has 0 spiro atoms. The molecule has 0 aromatic carbocycles. The maximum Gasteiger partial charge on any atom is 0.234 e. The molecule has 78 valence electrons. The van der Waals surface area contributed by atoms with Gasteiger partial charge in [-0.05, 0) is 18.3 Å². The number of nitrogens with zero attached hydrogens (tertiary/aromatic N) is 1. The summed E-state index contributed by atoms with van der Waals surface area (Å²) in [5, 5.41) is 0. The van der Waals surface area contributed by atoms with Crippen LogP contribution in [-0.2, 0) is 9.59 Å². The maximum atomic E-state index is 12.0. The molecule has 1 heterocycles. The van der Waals surface area contributed by atoms with Crippen LogP contribution in [0.5, 0.6) is 0 Å². The third kappa shape index (κ3) is 0.954. The molecule has 3 rings (SSSR count). The van der Waals surface area contributed by atoms with Gasteiger partial charge in [0, 0.05) is 6.54 Å². The molecule has 0 aromatic heterocycles. The lowest BCUT2D eigenvalue weighted by Gasteiger charge is -2.14. The van der Waals surface area contributed by atoms with E-state index in [0.717, 1.165) is 6.42 Å². The zero-order valence-electron chi connectivity index (χ0n) is 8.43. The van der Waals surface area contributed by atoms with E-state index in [0.29, 0.717) is 18.4 Å². The fraction of sp³-hybridized carbons (Fsp3) is 0.500. The topological polar surface area (TPSA) is 37.4 Å². The van der Waals surface area contributed by atoms with Crippen molar-refractivity contribution in [2.75, 3.05) is 6.54 Å². The van der Waals surface area contributed by atoms with E-state index in [1.165, 1.54) is 4.90 Å². The Morgan fingerprint density at radius 3 is 2.27 bits per heavy atom. The monoisotopic (exact) mass is 203 g/mol. The molecule has 0 unspecified atom stereocenters. The summed E-state index contributed by atoms with van der Waals surface area (Å²) in [6.45, 7) is 3.94. The Hall–Kier alpha value is -1.38. The highest BCUT2D eigenvalue weighted by Crippen LogP contribution is 2.52. The zero-order valence-corrected chi connectivity index (χ0v) is 8.43.